The molecule has 0 saturated carbocycles. The van der Waals surface area contributed by atoms with E-state index in [-0.39, 0.29) is 11.8 Å². The Hall–Kier alpha value is -2.51. The smallest absolute Gasteiger partial charge is 0.257 e. The largest absolute Gasteiger partial charge is 0.381 e. The molecular formula is C24H30N4O3. The lowest BCUT2D eigenvalue weighted by Crippen LogP contribution is -2.59. The van der Waals surface area contributed by atoms with Crippen LogP contribution in [0.4, 0.5) is 5.82 Å². The van der Waals surface area contributed by atoms with Crippen LogP contribution in [0, 0.1) is 12.8 Å². The molecule has 0 bridgehead atoms. The molecule has 0 radical (unpaired) electrons. The number of rotatable bonds is 4. The molecule has 4 heterocycles. The van der Waals surface area contributed by atoms with Gasteiger partial charge in [-0.1, -0.05) is 30.3 Å². The Morgan fingerprint density at radius 2 is 1.87 bits per heavy atom. The van der Waals surface area contributed by atoms with Crippen LogP contribution in [0.3, 0.4) is 0 Å². The minimum Gasteiger partial charge on any atom is -0.381 e. The van der Waals surface area contributed by atoms with Gasteiger partial charge in [-0.2, -0.15) is 5.10 Å². The second-order valence-electron chi connectivity index (χ2n) is 8.92. The molecule has 3 aliphatic rings. The Kier molecular flexibility index (Phi) is 5.63. The molecule has 7 nitrogen and oxygen atoms in total. The van der Waals surface area contributed by atoms with Gasteiger partial charge in [0.2, 0.25) is 0 Å². The molecule has 1 spiro atoms. The van der Waals surface area contributed by atoms with Crippen molar-refractivity contribution >= 4 is 11.7 Å². The molecule has 5 rings (SSSR count). The van der Waals surface area contributed by atoms with Crippen molar-refractivity contribution in [3.8, 4) is 0 Å². The highest BCUT2D eigenvalue weighted by atomic mass is 16.5. The summed E-state index contributed by atoms with van der Waals surface area (Å²) in [4.78, 5) is 18.1. The highest BCUT2D eigenvalue weighted by Gasteiger charge is 2.58. The number of likely N-dealkylation sites (tertiary alicyclic amines) is 1. The summed E-state index contributed by atoms with van der Waals surface area (Å²) in [7, 11) is 0. The summed E-state index contributed by atoms with van der Waals surface area (Å²) in [5.74, 6) is 1.39. The number of hydrogen-bond acceptors (Lipinski definition) is 6. The summed E-state index contributed by atoms with van der Waals surface area (Å²) < 4.78 is 11.9. The van der Waals surface area contributed by atoms with E-state index in [0.717, 1.165) is 49.7 Å². The zero-order chi connectivity index (χ0) is 21.3. The monoisotopic (exact) mass is 422 g/mol. The fraction of sp³-hybridized carbons (Fsp3) is 0.542. The molecule has 1 aromatic carbocycles. The molecule has 2 aromatic rings. The van der Waals surface area contributed by atoms with Gasteiger partial charge in [-0.05, 0) is 43.4 Å². The van der Waals surface area contributed by atoms with Gasteiger partial charge in [-0.25, -0.2) is 0 Å². The zero-order valence-electron chi connectivity index (χ0n) is 18.1. The number of carbonyl (C=O) groups is 1. The van der Waals surface area contributed by atoms with E-state index in [2.05, 4.69) is 27.2 Å². The molecule has 3 aliphatic heterocycles. The third-order valence-corrected chi connectivity index (χ3v) is 6.89. The van der Waals surface area contributed by atoms with E-state index in [9.17, 15) is 4.79 Å². The number of aryl methyl sites for hydroxylation is 1. The van der Waals surface area contributed by atoms with Crippen LogP contribution in [0.1, 0.15) is 30.0 Å². The molecular weight excluding hydrogens is 392 g/mol. The predicted molar refractivity (Wildman–Crippen MR) is 117 cm³/mol. The lowest BCUT2D eigenvalue weighted by atomic mass is 9.83. The maximum atomic E-state index is 13.9. The van der Waals surface area contributed by atoms with Crippen LogP contribution in [0.15, 0.2) is 42.5 Å². The zero-order valence-corrected chi connectivity index (χ0v) is 18.1. The highest BCUT2D eigenvalue weighted by Crippen LogP contribution is 2.43. The van der Waals surface area contributed by atoms with Crippen LogP contribution < -0.4 is 4.90 Å². The van der Waals surface area contributed by atoms with Gasteiger partial charge in [0.25, 0.3) is 5.91 Å². The van der Waals surface area contributed by atoms with Crippen LogP contribution in [0.2, 0.25) is 0 Å². The van der Waals surface area contributed by atoms with Crippen LogP contribution in [-0.2, 0) is 14.3 Å². The second-order valence-corrected chi connectivity index (χ2v) is 8.92. The Labute approximate surface area is 183 Å². The number of ether oxygens (including phenoxy) is 2. The molecule has 3 fully saturated rings. The van der Waals surface area contributed by atoms with Gasteiger partial charge in [0, 0.05) is 38.8 Å². The Morgan fingerprint density at radius 3 is 2.61 bits per heavy atom. The molecule has 1 amide bonds. The fourth-order valence-corrected chi connectivity index (χ4v) is 5.17. The molecule has 1 aromatic heterocycles. The van der Waals surface area contributed by atoms with Gasteiger partial charge >= 0.3 is 0 Å². The number of carbonyl (C=O) groups excluding carboxylic acids is 1. The first-order valence-electron chi connectivity index (χ1n) is 11.3. The third-order valence-electron chi connectivity index (χ3n) is 6.89. The number of amides is 1. The van der Waals surface area contributed by atoms with Crippen molar-refractivity contribution in [3.05, 3.63) is 53.7 Å². The molecule has 0 N–H and O–H groups in total. The van der Waals surface area contributed by atoms with E-state index in [1.807, 2.05) is 42.2 Å². The predicted octanol–water partition coefficient (Wildman–Crippen LogP) is 2.41. The van der Waals surface area contributed by atoms with Gasteiger partial charge in [0.1, 0.15) is 0 Å². The molecule has 0 unspecified atom stereocenters. The standard InChI is InChI=1S/C24H30N4O3/c1-18-7-8-22(26-25-18)27-11-14-31-24(17-27)21(20-5-3-2-4-6-20)16-28(23(24)29)15-19-9-12-30-13-10-19/h2-8,19,21H,9-17H2,1H3/t21-,24-/m1/s1. The molecule has 3 saturated heterocycles. The first-order valence-corrected chi connectivity index (χ1v) is 11.3. The van der Waals surface area contributed by atoms with Gasteiger partial charge in [-0.3, -0.25) is 4.79 Å². The van der Waals surface area contributed by atoms with Crippen LogP contribution in [0.25, 0.3) is 0 Å². The first-order chi connectivity index (χ1) is 15.2. The van der Waals surface area contributed by atoms with Crippen molar-refractivity contribution in [2.45, 2.75) is 31.3 Å². The van der Waals surface area contributed by atoms with Crippen LogP contribution in [0.5, 0.6) is 0 Å². The SMILES string of the molecule is Cc1ccc(N2CCO[C@@]3(C2)C(=O)N(CC2CCOCC2)C[C@@H]3c2ccccc2)nn1. The van der Waals surface area contributed by atoms with Gasteiger partial charge < -0.3 is 19.3 Å². The molecule has 0 aliphatic carbocycles. The number of aromatic nitrogens is 2. The Balaban J connectivity index is 1.45. The normalized spacial score (nSPS) is 27.3. The average molecular weight is 423 g/mol. The fourth-order valence-electron chi connectivity index (χ4n) is 5.17. The summed E-state index contributed by atoms with van der Waals surface area (Å²) in [5.41, 5.74) is 1.15. The van der Waals surface area contributed by atoms with Crippen molar-refractivity contribution in [2.24, 2.45) is 5.92 Å². The van der Waals surface area contributed by atoms with E-state index in [4.69, 9.17) is 9.47 Å². The number of hydrogen-bond donors (Lipinski definition) is 0. The average Bonchev–Trinajstić information content (AvgIpc) is 3.07. The van der Waals surface area contributed by atoms with E-state index < -0.39 is 5.60 Å². The topological polar surface area (TPSA) is 67.8 Å². The van der Waals surface area contributed by atoms with Crippen molar-refractivity contribution < 1.29 is 14.3 Å². The molecule has 7 heteroatoms. The maximum Gasteiger partial charge on any atom is 0.257 e. The number of benzene rings is 1. The lowest BCUT2D eigenvalue weighted by Gasteiger charge is -2.42. The van der Waals surface area contributed by atoms with Gasteiger partial charge in [0.05, 0.1) is 18.8 Å². The summed E-state index contributed by atoms with van der Waals surface area (Å²) in [6.45, 7) is 6.66. The van der Waals surface area contributed by atoms with Crippen molar-refractivity contribution in [3.63, 3.8) is 0 Å². The second kappa shape index (κ2) is 8.55. The van der Waals surface area contributed by atoms with Crippen molar-refractivity contribution in [1.82, 2.24) is 15.1 Å². The minimum atomic E-state index is -0.892. The Bertz CT molecular complexity index is 901. The molecule has 2 atom stereocenters. The number of anilines is 1. The van der Waals surface area contributed by atoms with Crippen molar-refractivity contribution in [1.29, 1.82) is 0 Å². The molecule has 31 heavy (non-hydrogen) atoms. The summed E-state index contributed by atoms with van der Waals surface area (Å²) >= 11 is 0. The first kappa shape index (κ1) is 20.4. The van der Waals surface area contributed by atoms with E-state index in [1.165, 1.54) is 0 Å². The van der Waals surface area contributed by atoms with Crippen LogP contribution >= 0.6 is 0 Å². The maximum absolute atomic E-state index is 13.9. The minimum absolute atomic E-state index is 0.0118. The van der Waals surface area contributed by atoms with Gasteiger partial charge in [0.15, 0.2) is 11.4 Å². The van der Waals surface area contributed by atoms with Crippen LogP contribution in [-0.4, -0.2) is 72.6 Å². The molecule has 164 valence electrons. The van der Waals surface area contributed by atoms with E-state index in [1.54, 1.807) is 0 Å². The number of morpholine rings is 1. The quantitative estimate of drug-likeness (QED) is 0.754. The van der Waals surface area contributed by atoms with E-state index >= 15 is 0 Å². The number of nitrogens with zero attached hydrogens (tertiary/aromatic N) is 4. The van der Waals surface area contributed by atoms with E-state index in [0.29, 0.717) is 32.2 Å². The van der Waals surface area contributed by atoms with Gasteiger partial charge in [-0.15, -0.1) is 5.10 Å². The van der Waals surface area contributed by atoms with Crippen molar-refractivity contribution in [2.75, 3.05) is 50.9 Å². The lowest BCUT2D eigenvalue weighted by molar-refractivity contribution is -0.152. The summed E-state index contributed by atoms with van der Waals surface area (Å²) in [5, 5.41) is 8.59. The summed E-state index contributed by atoms with van der Waals surface area (Å²) in [6, 6.07) is 14.3. The summed E-state index contributed by atoms with van der Waals surface area (Å²) in [6.07, 6.45) is 2.03. The third kappa shape index (κ3) is 3.92. The Morgan fingerprint density at radius 1 is 1.06 bits per heavy atom. The highest BCUT2D eigenvalue weighted by molar-refractivity contribution is 5.90.